The lowest BCUT2D eigenvalue weighted by Gasteiger charge is -2.23. The quantitative estimate of drug-likeness (QED) is 0.359. The lowest BCUT2D eigenvalue weighted by atomic mass is 10.2. The summed E-state index contributed by atoms with van der Waals surface area (Å²) in [5.74, 6) is -0.284. The summed E-state index contributed by atoms with van der Waals surface area (Å²) in [6.07, 6.45) is -0.247. The minimum Gasteiger partial charge on any atom is -0.497 e. The van der Waals surface area contributed by atoms with Gasteiger partial charge in [0.15, 0.2) is 0 Å². The third kappa shape index (κ3) is 6.00. The Kier molecular flexibility index (Phi) is 7.92. The number of amides is 1. The number of hydroxylamine groups is 1. The van der Waals surface area contributed by atoms with Crippen LogP contribution in [0.5, 0.6) is 5.75 Å². The number of benzene rings is 2. The molecule has 10 nitrogen and oxygen atoms in total. The van der Waals surface area contributed by atoms with Crippen LogP contribution in [-0.4, -0.2) is 46.0 Å². The first kappa shape index (κ1) is 23.8. The van der Waals surface area contributed by atoms with E-state index in [0.29, 0.717) is 10.2 Å². The molecular formula is C18H23N3O7S2. The number of methoxy groups -OCH3 is 1. The largest absolute Gasteiger partial charge is 0.497 e. The van der Waals surface area contributed by atoms with Crippen LogP contribution in [0.3, 0.4) is 0 Å². The summed E-state index contributed by atoms with van der Waals surface area (Å²) in [4.78, 5) is 13.0. The molecule has 0 saturated carbocycles. The lowest BCUT2D eigenvalue weighted by Crippen LogP contribution is -2.46. The fraction of sp³-hybridized carbons (Fsp3) is 0.278. The van der Waals surface area contributed by atoms with Gasteiger partial charge < -0.3 is 4.74 Å². The van der Waals surface area contributed by atoms with Gasteiger partial charge in [-0.15, -0.1) is 9.25 Å². The molecule has 0 bridgehead atoms. The van der Waals surface area contributed by atoms with Crippen LogP contribution in [0.25, 0.3) is 0 Å². The summed E-state index contributed by atoms with van der Waals surface area (Å²) in [5.41, 5.74) is 2.28. The second-order valence-electron chi connectivity index (χ2n) is 6.30. The van der Waals surface area contributed by atoms with Gasteiger partial charge in [0, 0.05) is 13.0 Å². The maximum absolute atomic E-state index is 13.0. The second kappa shape index (κ2) is 10.00. The van der Waals surface area contributed by atoms with Crippen molar-refractivity contribution in [3.8, 4) is 5.75 Å². The van der Waals surface area contributed by atoms with Crippen molar-refractivity contribution < 1.29 is 31.6 Å². The number of rotatable bonds is 10. The minimum atomic E-state index is -4.25. The molecular weight excluding hydrogens is 434 g/mol. The van der Waals surface area contributed by atoms with Crippen molar-refractivity contribution in [1.29, 1.82) is 0 Å². The summed E-state index contributed by atoms with van der Waals surface area (Å²) >= 11 is 0. The molecule has 0 aliphatic heterocycles. The van der Waals surface area contributed by atoms with Crippen molar-refractivity contribution in [1.82, 2.24) is 14.7 Å². The number of nitrogens with one attached hydrogen (secondary N) is 2. The van der Waals surface area contributed by atoms with Gasteiger partial charge in [0.25, 0.3) is 20.0 Å². The molecule has 30 heavy (non-hydrogen) atoms. The first-order valence-corrected chi connectivity index (χ1v) is 11.7. The molecule has 2 aromatic rings. The Balaban J connectivity index is 2.34. The van der Waals surface area contributed by atoms with Gasteiger partial charge in [-0.25, -0.2) is 22.3 Å². The molecule has 0 heterocycles. The van der Waals surface area contributed by atoms with Crippen LogP contribution in [0.4, 0.5) is 0 Å². The number of ether oxygens (including phenoxy) is 1. The number of carbonyl (C=O) groups is 1. The fourth-order valence-electron chi connectivity index (χ4n) is 2.43. The molecule has 0 fully saturated rings. The van der Waals surface area contributed by atoms with Crippen LogP contribution in [0.1, 0.15) is 18.4 Å². The predicted molar refractivity (Wildman–Crippen MR) is 108 cm³/mol. The summed E-state index contributed by atoms with van der Waals surface area (Å²) in [6.45, 7) is 1.45. The SMILES string of the molecule is COc1ccc(S(=O)(=O)NN(CCCC(=O)NO)S(=O)(=O)c2ccc(C)cc2)cc1. The summed E-state index contributed by atoms with van der Waals surface area (Å²) < 4.78 is 57.1. The Bertz CT molecular complexity index is 1070. The van der Waals surface area contributed by atoms with E-state index >= 15 is 0 Å². The zero-order valence-corrected chi connectivity index (χ0v) is 18.0. The first-order valence-electron chi connectivity index (χ1n) is 8.79. The molecule has 2 rings (SSSR count). The van der Waals surface area contributed by atoms with Gasteiger partial charge in [0.05, 0.1) is 16.9 Å². The van der Waals surface area contributed by atoms with E-state index in [1.807, 2.05) is 0 Å². The molecule has 0 aromatic heterocycles. The zero-order valence-electron chi connectivity index (χ0n) is 16.4. The Morgan fingerprint density at radius 2 is 1.57 bits per heavy atom. The molecule has 0 spiro atoms. The molecule has 0 aliphatic carbocycles. The molecule has 2 aromatic carbocycles. The van der Waals surface area contributed by atoms with Crippen LogP contribution >= 0.6 is 0 Å². The van der Waals surface area contributed by atoms with Gasteiger partial charge in [-0.1, -0.05) is 17.7 Å². The lowest BCUT2D eigenvalue weighted by molar-refractivity contribution is -0.129. The number of sulfonamides is 2. The zero-order chi connectivity index (χ0) is 22.4. The Labute approximate surface area is 175 Å². The number of hydrazine groups is 1. The molecule has 0 atom stereocenters. The van der Waals surface area contributed by atoms with Crippen molar-refractivity contribution >= 4 is 26.0 Å². The number of nitrogens with zero attached hydrogens (tertiary/aromatic N) is 1. The highest BCUT2D eigenvalue weighted by Gasteiger charge is 2.29. The Morgan fingerprint density at radius 3 is 2.10 bits per heavy atom. The van der Waals surface area contributed by atoms with Gasteiger partial charge >= 0.3 is 0 Å². The van der Waals surface area contributed by atoms with E-state index in [2.05, 4.69) is 4.83 Å². The Morgan fingerprint density at radius 1 is 1.00 bits per heavy atom. The topological polar surface area (TPSA) is 142 Å². The van der Waals surface area contributed by atoms with Gasteiger partial charge in [-0.2, -0.15) is 0 Å². The molecule has 164 valence electrons. The fourth-order valence-corrected chi connectivity index (χ4v) is 5.18. The average Bonchev–Trinajstić information content (AvgIpc) is 2.73. The molecule has 12 heteroatoms. The molecule has 0 saturated heterocycles. The maximum atomic E-state index is 13.0. The van der Waals surface area contributed by atoms with E-state index in [0.717, 1.165) is 5.56 Å². The van der Waals surface area contributed by atoms with Crippen molar-refractivity contribution in [3.05, 3.63) is 54.1 Å². The number of aryl methyl sites for hydroxylation is 1. The van der Waals surface area contributed by atoms with Gasteiger partial charge in [0.1, 0.15) is 5.75 Å². The van der Waals surface area contributed by atoms with Crippen LogP contribution in [0, 0.1) is 6.92 Å². The number of hydrogen-bond donors (Lipinski definition) is 3. The van der Waals surface area contributed by atoms with Crippen LogP contribution in [0.15, 0.2) is 58.3 Å². The molecule has 0 unspecified atom stereocenters. The minimum absolute atomic E-state index is 0.0391. The van der Waals surface area contributed by atoms with E-state index in [1.54, 1.807) is 19.1 Å². The number of hydrogen-bond acceptors (Lipinski definition) is 7. The molecule has 3 N–H and O–H groups in total. The second-order valence-corrected chi connectivity index (χ2v) is 9.82. The van der Waals surface area contributed by atoms with E-state index < -0.39 is 26.0 Å². The molecule has 0 aliphatic rings. The maximum Gasteiger partial charge on any atom is 0.256 e. The smallest absolute Gasteiger partial charge is 0.256 e. The van der Waals surface area contributed by atoms with Gasteiger partial charge in [-0.3, -0.25) is 10.0 Å². The van der Waals surface area contributed by atoms with E-state index in [1.165, 1.54) is 49.0 Å². The molecule has 1 amide bonds. The Hall–Kier alpha value is -2.51. The normalized spacial score (nSPS) is 12.0. The highest BCUT2D eigenvalue weighted by molar-refractivity contribution is 7.92. The summed E-state index contributed by atoms with van der Waals surface area (Å²) in [7, 11) is -7.07. The van der Waals surface area contributed by atoms with E-state index in [-0.39, 0.29) is 29.2 Å². The van der Waals surface area contributed by atoms with Crippen LogP contribution in [-0.2, 0) is 24.8 Å². The highest BCUT2D eigenvalue weighted by atomic mass is 32.2. The highest BCUT2D eigenvalue weighted by Crippen LogP contribution is 2.19. The summed E-state index contributed by atoms with van der Waals surface area (Å²) in [5, 5.41) is 8.59. The predicted octanol–water partition coefficient (Wildman–Crippen LogP) is 1.17. The van der Waals surface area contributed by atoms with Crippen molar-refractivity contribution in [2.45, 2.75) is 29.6 Å². The third-order valence-electron chi connectivity index (χ3n) is 4.09. The summed E-state index contributed by atoms with van der Waals surface area (Å²) in [6, 6.07) is 11.3. The van der Waals surface area contributed by atoms with Crippen molar-refractivity contribution in [2.75, 3.05) is 13.7 Å². The van der Waals surface area contributed by atoms with E-state index in [4.69, 9.17) is 9.94 Å². The third-order valence-corrected chi connectivity index (χ3v) is 7.28. The standard InChI is InChI=1S/C18H23N3O7S2/c1-14-5-9-17(10-6-14)30(26,27)21(13-3-4-18(22)19-23)20-29(24,25)16-11-7-15(28-2)8-12-16/h5-12,20,23H,3-4,13H2,1-2H3,(H,19,22). The monoisotopic (exact) mass is 457 g/mol. The van der Waals surface area contributed by atoms with Crippen molar-refractivity contribution in [3.63, 3.8) is 0 Å². The van der Waals surface area contributed by atoms with Crippen LogP contribution in [0.2, 0.25) is 0 Å². The van der Waals surface area contributed by atoms with Gasteiger partial charge in [0.2, 0.25) is 5.91 Å². The van der Waals surface area contributed by atoms with Crippen molar-refractivity contribution in [2.24, 2.45) is 0 Å². The van der Waals surface area contributed by atoms with E-state index in [9.17, 15) is 21.6 Å². The molecule has 0 radical (unpaired) electrons. The first-order chi connectivity index (χ1) is 14.1. The number of carbonyl (C=O) groups excluding carboxylic acids is 1. The van der Waals surface area contributed by atoms with Crippen LogP contribution < -0.4 is 15.0 Å². The average molecular weight is 458 g/mol. The van der Waals surface area contributed by atoms with Gasteiger partial charge in [-0.05, 0) is 49.7 Å².